The third-order valence-electron chi connectivity index (χ3n) is 1.99. The van der Waals surface area contributed by atoms with E-state index in [0.29, 0.717) is 5.02 Å². The molecule has 1 aliphatic rings. The molecule has 12 heavy (non-hydrogen) atoms. The van der Waals surface area contributed by atoms with E-state index in [0.717, 1.165) is 18.5 Å². The molecule has 0 spiro atoms. The Bertz CT molecular complexity index is 298. The molecule has 1 fully saturated rings. The summed E-state index contributed by atoms with van der Waals surface area (Å²) in [5.41, 5.74) is 0. The van der Waals surface area contributed by atoms with Crippen LogP contribution in [-0.4, -0.2) is 16.3 Å². The average molecular weight is 183 g/mol. The van der Waals surface area contributed by atoms with Gasteiger partial charge in [-0.15, -0.1) is 0 Å². The highest BCUT2D eigenvalue weighted by atomic mass is 35.5. The summed E-state index contributed by atoms with van der Waals surface area (Å²) in [6, 6.07) is 0. The number of aldehydes is 1. The van der Waals surface area contributed by atoms with Gasteiger partial charge in [-0.1, -0.05) is 11.6 Å². The van der Waals surface area contributed by atoms with E-state index in [1.165, 1.54) is 0 Å². The fraction of sp³-hybridized carbons (Fsp3) is 0.375. The van der Waals surface area contributed by atoms with Crippen LogP contribution in [0.15, 0.2) is 12.4 Å². The van der Waals surface area contributed by atoms with Crippen LogP contribution in [0.1, 0.15) is 18.2 Å². The van der Waals surface area contributed by atoms with Gasteiger partial charge < -0.3 is 4.79 Å². The van der Waals surface area contributed by atoms with E-state index in [2.05, 4.69) is 9.97 Å². The second-order valence-corrected chi connectivity index (χ2v) is 3.34. The molecular weight excluding hydrogens is 176 g/mol. The van der Waals surface area contributed by atoms with Gasteiger partial charge >= 0.3 is 0 Å². The lowest BCUT2D eigenvalue weighted by Gasteiger charge is -1.94. The molecule has 0 bridgehead atoms. The van der Waals surface area contributed by atoms with Crippen LogP contribution in [0.5, 0.6) is 0 Å². The summed E-state index contributed by atoms with van der Waals surface area (Å²) in [6.07, 6.45) is 4.96. The van der Waals surface area contributed by atoms with Crippen molar-refractivity contribution in [2.24, 2.45) is 5.92 Å². The maximum Gasteiger partial charge on any atom is 0.132 e. The molecule has 0 aliphatic heterocycles. The Hall–Kier alpha value is -0.960. The Morgan fingerprint density at radius 3 is 2.67 bits per heavy atom. The van der Waals surface area contributed by atoms with Gasteiger partial charge in [0.2, 0.25) is 0 Å². The number of halogens is 1. The lowest BCUT2D eigenvalue weighted by Crippen LogP contribution is -1.92. The van der Waals surface area contributed by atoms with E-state index in [4.69, 9.17) is 11.6 Å². The number of hydrogen-bond acceptors (Lipinski definition) is 3. The molecule has 1 aromatic rings. The van der Waals surface area contributed by atoms with Crippen molar-refractivity contribution in [1.29, 1.82) is 0 Å². The highest BCUT2D eigenvalue weighted by Gasteiger charge is 2.40. The molecule has 0 amide bonds. The van der Waals surface area contributed by atoms with Gasteiger partial charge in [-0.3, -0.25) is 0 Å². The first-order valence-corrected chi connectivity index (χ1v) is 4.12. The largest absolute Gasteiger partial charge is 0.303 e. The molecule has 4 heteroatoms. The highest BCUT2D eigenvalue weighted by molar-refractivity contribution is 6.30. The first kappa shape index (κ1) is 7.68. The van der Waals surface area contributed by atoms with Crippen LogP contribution in [0.25, 0.3) is 0 Å². The van der Waals surface area contributed by atoms with Crippen LogP contribution in [0.2, 0.25) is 5.02 Å². The predicted molar refractivity (Wildman–Crippen MR) is 44.0 cm³/mol. The van der Waals surface area contributed by atoms with Crippen LogP contribution in [0, 0.1) is 5.92 Å². The molecule has 2 rings (SSSR count). The molecule has 62 valence electrons. The summed E-state index contributed by atoms with van der Waals surface area (Å²) in [5.74, 6) is 1.10. The molecule has 3 nitrogen and oxygen atoms in total. The average Bonchev–Trinajstić information content (AvgIpc) is 2.85. The summed E-state index contributed by atoms with van der Waals surface area (Å²) < 4.78 is 0. The second-order valence-electron chi connectivity index (χ2n) is 2.90. The minimum atomic E-state index is 0.131. The zero-order valence-electron chi connectivity index (χ0n) is 6.27. The summed E-state index contributed by atoms with van der Waals surface area (Å²) in [4.78, 5) is 18.4. The second kappa shape index (κ2) is 2.83. The van der Waals surface area contributed by atoms with Crippen LogP contribution in [-0.2, 0) is 4.79 Å². The quantitative estimate of drug-likeness (QED) is 0.650. The molecular formula is C8H7ClN2O. The molecule has 0 unspecified atom stereocenters. The molecule has 0 radical (unpaired) electrons. The Morgan fingerprint density at radius 1 is 1.50 bits per heavy atom. The molecule has 1 saturated carbocycles. The smallest absolute Gasteiger partial charge is 0.132 e. The highest BCUT2D eigenvalue weighted by Crippen LogP contribution is 2.44. The maximum atomic E-state index is 10.3. The van der Waals surface area contributed by atoms with E-state index in [1.54, 1.807) is 12.4 Å². The summed E-state index contributed by atoms with van der Waals surface area (Å²) in [5, 5.41) is 0.530. The van der Waals surface area contributed by atoms with Gasteiger partial charge in [0.25, 0.3) is 0 Å². The Morgan fingerprint density at radius 2 is 2.17 bits per heavy atom. The van der Waals surface area contributed by atoms with Crippen LogP contribution < -0.4 is 0 Å². The zero-order valence-corrected chi connectivity index (χ0v) is 7.03. The molecule has 1 aromatic heterocycles. The van der Waals surface area contributed by atoms with E-state index >= 15 is 0 Å². The summed E-state index contributed by atoms with van der Waals surface area (Å²) in [6.45, 7) is 0. The molecule has 0 N–H and O–H groups in total. The Balaban J connectivity index is 2.15. The third kappa shape index (κ3) is 1.32. The molecule has 1 aliphatic carbocycles. The lowest BCUT2D eigenvalue weighted by atomic mass is 10.3. The number of hydrogen-bond donors (Lipinski definition) is 0. The van der Waals surface area contributed by atoms with Crippen molar-refractivity contribution in [1.82, 2.24) is 9.97 Å². The van der Waals surface area contributed by atoms with Crippen LogP contribution in [0.3, 0.4) is 0 Å². The first-order chi connectivity index (χ1) is 5.81. The molecule has 2 atom stereocenters. The zero-order chi connectivity index (χ0) is 8.55. The third-order valence-corrected chi connectivity index (χ3v) is 2.18. The van der Waals surface area contributed by atoms with Crippen molar-refractivity contribution in [2.45, 2.75) is 12.3 Å². The van der Waals surface area contributed by atoms with Crippen LogP contribution >= 0.6 is 11.6 Å². The van der Waals surface area contributed by atoms with Crippen molar-refractivity contribution in [3.8, 4) is 0 Å². The van der Waals surface area contributed by atoms with E-state index in [-0.39, 0.29) is 11.8 Å². The van der Waals surface area contributed by atoms with Gasteiger partial charge in [0.15, 0.2) is 0 Å². The van der Waals surface area contributed by atoms with Crippen molar-refractivity contribution in [2.75, 3.05) is 0 Å². The van der Waals surface area contributed by atoms with Crippen LogP contribution in [0.4, 0.5) is 0 Å². The van der Waals surface area contributed by atoms with Gasteiger partial charge in [-0.25, -0.2) is 9.97 Å². The van der Waals surface area contributed by atoms with E-state index < -0.39 is 0 Å². The molecule has 1 heterocycles. The summed E-state index contributed by atoms with van der Waals surface area (Å²) >= 11 is 5.61. The number of nitrogens with zero attached hydrogens (tertiary/aromatic N) is 2. The van der Waals surface area contributed by atoms with E-state index in [1.807, 2.05) is 0 Å². The van der Waals surface area contributed by atoms with Crippen molar-refractivity contribution in [3.05, 3.63) is 23.2 Å². The van der Waals surface area contributed by atoms with Gasteiger partial charge in [-0.05, 0) is 6.42 Å². The number of rotatable bonds is 2. The van der Waals surface area contributed by atoms with E-state index in [9.17, 15) is 4.79 Å². The fourth-order valence-electron chi connectivity index (χ4n) is 1.18. The normalized spacial score (nSPS) is 26.8. The SMILES string of the molecule is O=C[C@@H]1C[C@H]1c1ncc(Cl)cn1. The monoisotopic (exact) mass is 182 g/mol. The standard InChI is InChI=1S/C8H7ClN2O/c9-6-2-10-8(11-3-6)7-1-5(7)4-12/h2-5,7H,1H2/t5-,7+/m0/s1. The van der Waals surface area contributed by atoms with Crippen molar-refractivity contribution >= 4 is 17.9 Å². The Kier molecular flexibility index (Phi) is 1.81. The lowest BCUT2D eigenvalue weighted by molar-refractivity contribution is -0.108. The van der Waals surface area contributed by atoms with Gasteiger partial charge in [-0.2, -0.15) is 0 Å². The molecule has 0 aromatic carbocycles. The number of aromatic nitrogens is 2. The van der Waals surface area contributed by atoms with Crippen molar-refractivity contribution in [3.63, 3.8) is 0 Å². The topological polar surface area (TPSA) is 42.9 Å². The molecule has 0 saturated heterocycles. The van der Waals surface area contributed by atoms with Gasteiger partial charge in [0.05, 0.1) is 5.02 Å². The fourth-order valence-corrected chi connectivity index (χ4v) is 1.27. The maximum absolute atomic E-state index is 10.3. The summed E-state index contributed by atoms with van der Waals surface area (Å²) in [7, 11) is 0. The number of carbonyl (C=O) groups excluding carboxylic acids is 1. The minimum absolute atomic E-state index is 0.131. The minimum Gasteiger partial charge on any atom is -0.303 e. The predicted octanol–water partition coefficient (Wildman–Crippen LogP) is 1.43. The Labute approximate surface area is 74.8 Å². The number of carbonyl (C=O) groups is 1. The van der Waals surface area contributed by atoms with Crippen molar-refractivity contribution < 1.29 is 4.79 Å². The first-order valence-electron chi connectivity index (χ1n) is 3.74. The van der Waals surface area contributed by atoms with Gasteiger partial charge in [0.1, 0.15) is 12.1 Å². The van der Waals surface area contributed by atoms with Gasteiger partial charge in [0, 0.05) is 24.2 Å².